The molecule has 0 radical (unpaired) electrons. The third kappa shape index (κ3) is 8.35. The third-order valence-corrected chi connectivity index (χ3v) is 14.1. The second-order valence-corrected chi connectivity index (χ2v) is 23.4. The summed E-state index contributed by atoms with van der Waals surface area (Å²) in [5.41, 5.74) is 11.6. The first kappa shape index (κ1) is 39.0. The first-order valence-electron chi connectivity index (χ1n) is 23.7. The Morgan fingerprint density at radius 2 is 1.29 bits per heavy atom. The molecule has 0 atom stereocenters. The van der Waals surface area contributed by atoms with Gasteiger partial charge in [-0.25, -0.2) is 11.1 Å². The van der Waals surface area contributed by atoms with Gasteiger partial charge in [0, 0.05) is 24.6 Å². The van der Waals surface area contributed by atoms with Gasteiger partial charge >= 0.3 is 20.1 Å². The average molecular weight is 1020 g/mol. The van der Waals surface area contributed by atoms with Gasteiger partial charge in [-0.05, 0) is 74.7 Å². The topological polar surface area (TPSA) is 31.0 Å². The maximum Gasteiger partial charge on any atom is 3.00 e. The first-order valence-corrected chi connectivity index (χ1v) is 25.2. The van der Waals surface area contributed by atoms with Crippen LogP contribution in [0.2, 0.25) is 19.6 Å². The van der Waals surface area contributed by atoms with Gasteiger partial charge in [0.1, 0.15) is 5.58 Å². The quantitative estimate of drug-likeness (QED) is 0.0905. The summed E-state index contributed by atoms with van der Waals surface area (Å²) in [6.45, 7) is 17.6. The summed E-state index contributed by atoms with van der Waals surface area (Å²) < 4.78 is 39.6. The van der Waals surface area contributed by atoms with E-state index in [0.717, 1.165) is 61.1 Å². The number of imidazole rings is 1. The van der Waals surface area contributed by atoms with Gasteiger partial charge in [-0.1, -0.05) is 140 Å². The van der Waals surface area contributed by atoms with Crippen LogP contribution in [-0.2, 0) is 20.1 Å². The molecule has 0 aliphatic rings. The maximum atomic E-state index is 8.49. The zero-order valence-corrected chi connectivity index (χ0v) is 40.9. The fraction of sp³-hybridized carbons (Fsp3) is 0.224. The molecule has 2 aromatic heterocycles. The minimum Gasteiger partial charge on any atom is -0.500 e. The Hall–Kier alpha value is -5.58. The number of nitrogens with zero attached hydrogens (tertiary/aromatic N) is 2. The number of para-hydroxylation sites is 3. The van der Waals surface area contributed by atoms with Crippen LogP contribution in [0, 0.1) is 25.1 Å². The van der Waals surface area contributed by atoms with Gasteiger partial charge in [-0.2, -0.15) is 42.5 Å². The van der Waals surface area contributed by atoms with Crippen LogP contribution in [0.1, 0.15) is 87.0 Å². The Morgan fingerprint density at radius 1 is 0.603 bits per heavy atom. The predicted octanol–water partition coefficient (Wildman–Crippen LogP) is 15.9. The van der Waals surface area contributed by atoms with Crippen molar-refractivity contribution in [1.29, 1.82) is 0 Å². The van der Waals surface area contributed by atoms with E-state index >= 15 is 0 Å². The Kier molecular flexibility index (Phi) is 10.9. The third-order valence-electron chi connectivity index (χ3n) is 12.0. The molecule has 316 valence electrons. The molecular formula is C58H55IrN2OSi. The number of aryl methyl sites for hydroxylation is 1. The van der Waals surface area contributed by atoms with Gasteiger partial charge in [0.2, 0.25) is 0 Å². The molecule has 8 aromatic carbocycles. The van der Waals surface area contributed by atoms with Gasteiger partial charge in [0.15, 0.2) is 0 Å². The van der Waals surface area contributed by atoms with E-state index in [1.165, 1.54) is 49.6 Å². The standard InChI is InChI=1S/C39H31N2O.C19H24Si.Ir/c1-23(2)28-12-9-13-29(24(3)4)38(28)41-35-15-8-7-14-34(35)40-39(41)27-18-19-36-32(20-27)33-22-31-26(21-37(33)42-36)17-16-25-10-5-6-11-30(25)31;1-14(2)18-13-17(11-12-19(18)20(4,5)6)16-9-7-15(3)8-10-16;/h5-17,19-24H,1-4H3;7-9,12-14H,1-6H3;/q-1;-2;+3/i;3D3,14D;. The molecule has 10 aromatic rings. The number of benzene rings is 8. The van der Waals surface area contributed by atoms with Gasteiger partial charge in [0.05, 0.1) is 22.4 Å². The molecule has 0 spiro atoms. The average Bonchev–Trinajstić information content (AvgIpc) is 3.85. The van der Waals surface area contributed by atoms with Crippen molar-refractivity contribution in [3.8, 4) is 28.2 Å². The van der Waals surface area contributed by atoms with E-state index in [4.69, 9.17) is 14.9 Å². The Labute approximate surface area is 393 Å². The summed E-state index contributed by atoms with van der Waals surface area (Å²) in [5.74, 6) is 0.923. The van der Waals surface area contributed by atoms with Crippen molar-refractivity contribution in [2.45, 2.75) is 85.8 Å². The van der Waals surface area contributed by atoms with Gasteiger partial charge < -0.3 is 8.98 Å². The van der Waals surface area contributed by atoms with E-state index in [9.17, 15) is 0 Å². The van der Waals surface area contributed by atoms with Crippen molar-refractivity contribution in [2.24, 2.45) is 0 Å². The fourth-order valence-corrected chi connectivity index (χ4v) is 10.5. The smallest absolute Gasteiger partial charge is 0.500 e. The molecule has 0 fully saturated rings. The molecule has 0 aliphatic carbocycles. The van der Waals surface area contributed by atoms with E-state index in [0.29, 0.717) is 11.8 Å². The molecule has 0 unspecified atom stereocenters. The minimum atomic E-state index is -2.12. The molecule has 0 N–H and O–H groups in total. The van der Waals surface area contributed by atoms with Crippen LogP contribution in [-0.4, -0.2) is 17.6 Å². The van der Waals surface area contributed by atoms with E-state index in [-0.39, 0.29) is 25.7 Å². The summed E-state index contributed by atoms with van der Waals surface area (Å²) >= 11 is 0. The number of rotatable bonds is 7. The van der Waals surface area contributed by atoms with E-state index in [2.05, 4.69) is 167 Å². The molecule has 0 aliphatic heterocycles. The van der Waals surface area contributed by atoms with Crippen molar-refractivity contribution < 1.29 is 30.0 Å². The van der Waals surface area contributed by atoms with Crippen molar-refractivity contribution in [2.75, 3.05) is 0 Å². The first-order chi connectivity index (χ1) is 31.3. The molecule has 63 heavy (non-hydrogen) atoms. The largest absolute Gasteiger partial charge is 3.00 e. The Morgan fingerprint density at radius 3 is 1.98 bits per heavy atom. The van der Waals surface area contributed by atoms with E-state index < -0.39 is 20.8 Å². The zero-order valence-electron chi connectivity index (χ0n) is 41.5. The summed E-state index contributed by atoms with van der Waals surface area (Å²) in [5, 5.41) is 8.33. The second kappa shape index (κ2) is 17.5. The number of fused-ring (bicyclic) bond motifs is 7. The predicted molar refractivity (Wildman–Crippen MR) is 267 cm³/mol. The van der Waals surface area contributed by atoms with Crippen LogP contribution < -0.4 is 5.19 Å². The van der Waals surface area contributed by atoms with Crippen molar-refractivity contribution in [3.63, 3.8) is 0 Å². The Bertz CT molecular complexity index is 3420. The molecule has 5 heteroatoms. The maximum absolute atomic E-state index is 8.49. The van der Waals surface area contributed by atoms with Crippen LogP contribution in [0.15, 0.2) is 138 Å². The van der Waals surface area contributed by atoms with Crippen LogP contribution in [0.25, 0.3) is 82.7 Å². The van der Waals surface area contributed by atoms with Crippen LogP contribution in [0.5, 0.6) is 0 Å². The molecule has 0 saturated heterocycles. The Balaban J connectivity index is 0.000000209. The van der Waals surface area contributed by atoms with Crippen LogP contribution >= 0.6 is 0 Å². The molecular weight excluding hydrogens is 961 g/mol. The van der Waals surface area contributed by atoms with Gasteiger partial charge in [-0.15, -0.1) is 40.1 Å². The summed E-state index contributed by atoms with van der Waals surface area (Å²) in [7, 11) is -1.58. The fourth-order valence-electron chi connectivity index (χ4n) is 8.83. The molecule has 10 rings (SSSR count). The summed E-state index contributed by atoms with van der Waals surface area (Å²) in [4.78, 5) is 5.22. The number of aromatic nitrogens is 2. The van der Waals surface area contributed by atoms with Gasteiger partial charge in [-0.3, -0.25) is 4.98 Å². The van der Waals surface area contributed by atoms with Crippen LogP contribution in [0.4, 0.5) is 0 Å². The monoisotopic (exact) mass is 1020 g/mol. The molecule has 3 nitrogen and oxygen atoms in total. The normalized spacial score (nSPS) is 13.3. The van der Waals surface area contributed by atoms with Crippen molar-refractivity contribution >= 4 is 67.8 Å². The van der Waals surface area contributed by atoms with Crippen LogP contribution in [0.3, 0.4) is 0 Å². The molecule has 2 heterocycles. The number of hydrogen-bond acceptors (Lipinski definition) is 2. The van der Waals surface area contributed by atoms with Crippen molar-refractivity contribution in [3.05, 3.63) is 174 Å². The summed E-state index contributed by atoms with van der Waals surface area (Å²) in [6, 6.07) is 55.6. The molecule has 0 saturated carbocycles. The van der Waals surface area contributed by atoms with E-state index in [1.807, 2.05) is 32.0 Å². The SMILES string of the molecule is CC(C)c1cccc(C(C)C)c1-n1c(-c2[c-]cc3oc4cc5ccc6ccccc6c5cc4c3c2)nc2ccccc21.[2H]C([2H])([2H])c1c[c-]c(-c2[c-]cc([Si](C)(C)C)c(C([2H])(C)C)c2)cc1.[Ir+3]. The van der Waals surface area contributed by atoms with Gasteiger partial charge in [0.25, 0.3) is 0 Å². The zero-order chi connectivity index (χ0) is 46.9. The van der Waals surface area contributed by atoms with Crippen molar-refractivity contribution in [1.82, 2.24) is 9.55 Å². The summed E-state index contributed by atoms with van der Waals surface area (Å²) in [6.07, 6.45) is 0. The number of furan rings is 1. The number of hydrogen-bond donors (Lipinski definition) is 0. The molecule has 0 bridgehead atoms. The van der Waals surface area contributed by atoms with E-state index in [1.54, 1.807) is 12.1 Å². The molecule has 0 amide bonds. The second-order valence-electron chi connectivity index (χ2n) is 18.4. The minimum absolute atomic E-state index is 0.